The Bertz CT molecular complexity index is 762. The summed E-state index contributed by atoms with van der Waals surface area (Å²) in [4.78, 5) is 17.1. The third-order valence-electron chi connectivity index (χ3n) is 3.09. The fourth-order valence-corrected chi connectivity index (χ4v) is 2.12. The lowest BCUT2D eigenvalue weighted by molar-refractivity contribution is 0.568. The van der Waals surface area contributed by atoms with Crippen molar-refractivity contribution in [1.82, 2.24) is 9.97 Å². The highest BCUT2D eigenvalue weighted by atomic mass is 127. The number of pyridine rings is 2. The van der Waals surface area contributed by atoms with Crippen LogP contribution >= 0.6 is 22.6 Å². The minimum atomic E-state index is -0.0199. The van der Waals surface area contributed by atoms with Gasteiger partial charge in [0.2, 0.25) is 0 Å². The summed E-state index contributed by atoms with van der Waals surface area (Å²) in [6, 6.07) is 7.51. The molecule has 0 bridgehead atoms. The zero-order valence-electron chi connectivity index (χ0n) is 13.3. The van der Waals surface area contributed by atoms with Crippen LogP contribution in [0.15, 0.2) is 34.3 Å². The van der Waals surface area contributed by atoms with Crippen LogP contribution in [0.2, 0.25) is 0 Å². The van der Waals surface area contributed by atoms with E-state index in [9.17, 15) is 0 Å². The Morgan fingerprint density at radius 2 is 1.87 bits per heavy atom. The van der Waals surface area contributed by atoms with Gasteiger partial charge in [-0.2, -0.15) is 0 Å². The number of hydrogen-bond acceptors (Lipinski definition) is 6. The van der Waals surface area contributed by atoms with E-state index in [1.165, 1.54) is 0 Å². The molecule has 4 N–H and O–H groups in total. The van der Waals surface area contributed by atoms with Gasteiger partial charge in [0.25, 0.3) is 0 Å². The third-order valence-corrected chi connectivity index (χ3v) is 3.36. The lowest BCUT2D eigenvalue weighted by Crippen LogP contribution is -2.14. The van der Waals surface area contributed by atoms with Crippen LogP contribution in [0.3, 0.4) is 0 Å². The quantitative estimate of drug-likeness (QED) is 0.581. The Morgan fingerprint density at radius 1 is 1.13 bits per heavy atom. The largest absolute Gasteiger partial charge is 0.396 e. The molecule has 0 saturated heterocycles. The van der Waals surface area contributed by atoms with Crippen LogP contribution < -0.4 is 11.5 Å². The molecule has 23 heavy (non-hydrogen) atoms. The zero-order valence-corrected chi connectivity index (χ0v) is 15.4. The van der Waals surface area contributed by atoms with Gasteiger partial charge in [-0.05, 0) is 40.8 Å². The molecule has 0 aliphatic rings. The number of nitrogen functional groups attached to an aromatic ring is 2. The smallest absolute Gasteiger partial charge is 0.178 e. The molecule has 0 radical (unpaired) electrons. The van der Waals surface area contributed by atoms with Gasteiger partial charge in [0, 0.05) is 11.1 Å². The van der Waals surface area contributed by atoms with Gasteiger partial charge < -0.3 is 11.5 Å². The Kier molecular flexibility index (Phi) is 5.30. The molecule has 0 atom stereocenters. The van der Waals surface area contributed by atoms with Gasteiger partial charge in [-0.25, -0.2) is 9.98 Å². The molecule has 120 valence electrons. The maximum Gasteiger partial charge on any atom is 0.178 e. The molecule has 2 aromatic heterocycles. The van der Waals surface area contributed by atoms with Crippen LogP contribution in [0.25, 0.3) is 0 Å². The summed E-state index contributed by atoms with van der Waals surface area (Å²) in [5, 5.41) is 0. The molecular weight excluding hydrogens is 403 g/mol. The van der Waals surface area contributed by atoms with Crippen LogP contribution in [0.5, 0.6) is 0 Å². The first-order chi connectivity index (χ1) is 10.8. The number of hydrogen-bond donors (Lipinski definition) is 2. The number of rotatable bonds is 3. The number of nitrogens with two attached hydrogens (primary N) is 2. The minimum Gasteiger partial charge on any atom is -0.396 e. The summed E-state index contributed by atoms with van der Waals surface area (Å²) < 4.78 is 1.58. The number of aromatic nitrogens is 2. The van der Waals surface area contributed by atoms with E-state index in [4.69, 9.17) is 11.5 Å². The molecule has 6 nitrogen and oxygen atoms in total. The molecule has 2 aromatic rings. The summed E-state index contributed by atoms with van der Waals surface area (Å²) in [6.45, 7) is 6.35. The normalized spacial score (nSPS) is 12.3. The zero-order chi connectivity index (χ0) is 17.0. The Balaban J connectivity index is 2.32. The van der Waals surface area contributed by atoms with Crippen molar-refractivity contribution >= 4 is 56.0 Å². The van der Waals surface area contributed by atoms with Crippen molar-refractivity contribution in [2.75, 3.05) is 11.5 Å². The fraction of sp³-hybridized carbons (Fsp3) is 0.250. The predicted molar refractivity (Wildman–Crippen MR) is 105 cm³/mol. The van der Waals surface area contributed by atoms with Crippen molar-refractivity contribution in [3.8, 4) is 0 Å². The first kappa shape index (κ1) is 17.3. The summed E-state index contributed by atoms with van der Waals surface area (Å²) in [7, 11) is 0. The molecule has 2 rings (SSSR count). The van der Waals surface area contributed by atoms with E-state index in [0.29, 0.717) is 17.2 Å². The van der Waals surface area contributed by atoms with Crippen molar-refractivity contribution in [2.24, 2.45) is 9.98 Å². The second kappa shape index (κ2) is 7.03. The molecule has 0 spiro atoms. The summed E-state index contributed by atoms with van der Waals surface area (Å²) in [6.07, 6.45) is 1.66. The van der Waals surface area contributed by atoms with E-state index in [0.717, 1.165) is 11.4 Å². The van der Waals surface area contributed by atoms with Crippen LogP contribution in [-0.2, 0) is 5.41 Å². The average molecular weight is 422 g/mol. The van der Waals surface area contributed by atoms with Gasteiger partial charge in [-0.3, -0.25) is 9.98 Å². The lowest BCUT2D eigenvalue weighted by Gasteiger charge is -2.17. The number of anilines is 2. The second-order valence-electron chi connectivity index (χ2n) is 5.99. The van der Waals surface area contributed by atoms with E-state index in [-0.39, 0.29) is 11.2 Å². The van der Waals surface area contributed by atoms with Crippen LogP contribution in [0.4, 0.5) is 23.0 Å². The highest BCUT2D eigenvalue weighted by molar-refractivity contribution is 14.1. The molecule has 0 aliphatic carbocycles. The molecular formula is C16H19IN6. The van der Waals surface area contributed by atoms with Crippen LogP contribution in [-0.4, -0.2) is 20.4 Å². The van der Waals surface area contributed by atoms with E-state index >= 15 is 0 Å². The monoisotopic (exact) mass is 422 g/mol. The highest BCUT2D eigenvalue weighted by Crippen LogP contribution is 2.29. The van der Waals surface area contributed by atoms with E-state index < -0.39 is 0 Å². The van der Waals surface area contributed by atoms with Crippen molar-refractivity contribution in [2.45, 2.75) is 26.2 Å². The molecule has 0 unspecified atom stereocenters. The Labute approximate surface area is 149 Å². The number of aliphatic imine (C=N–C) groups is 2. The van der Waals surface area contributed by atoms with Gasteiger partial charge in [0.05, 0.1) is 21.8 Å². The van der Waals surface area contributed by atoms with Gasteiger partial charge in [0.1, 0.15) is 5.69 Å². The van der Waals surface area contributed by atoms with Crippen LogP contribution in [0, 0.1) is 0 Å². The highest BCUT2D eigenvalue weighted by Gasteiger charge is 2.15. The number of halogens is 1. The summed E-state index contributed by atoms with van der Waals surface area (Å²) in [5.41, 5.74) is 14.5. The molecule has 0 aromatic carbocycles. The SMILES string of the molecule is CC(C)(C)c1cccc(/C=N/c2cc(N)c(/N=C/I)nc2N)n1. The fourth-order valence-electron chi connectivity index (χ4n) is 1.85. The van der Waals surface area contributed by atoms with E-state index in [1.807, 2.05) is 40.8 Å². The molecule has 0 amide bonds. The molecule has 0 saturated carbocycles. The Morgan fingerprint density at radius 3 is 2.52 bits per heavy atom. The minimum absolute atomic E-state index is 0.0199. The van der Waals surface area contributed by atoms with E-state index in [2.05, 4.69) is 40.7 Å². The first-order valence-corrected chi connectivity index (χ1v) is 8.26. The van der Waals surface area contributed by atoms with Gasteiger partial charge in [0.15, 0.2) is 11.6 Å². The number of nitrogens with zero attached hydrogens (tertiary/aromatic N) is 4. The summed E-state index contributed by atoms with van der Waals surface area (Å²) >= 11 is 2.00. The molecule has 0 fully saturated rings. The lowest BCUT2D eigenvalue weighted by atomic mass is 9.91. The maximum absolute atomic E-state index is 5.91. The Hall–Kier alpha value is -2.03. The van der Waals surface area contributed by atoms with Crippen molar-refractivity contribution in [3.63, 3.8) is 0 Å². The van der Waals surface area contributed by atoms with E-state index in [1.54, 1.807) is 16.5 Å². The third kappa shape index (κ3) is 4.47. The first-order valence-electron chi connectivity index (χ1n) is 7.01. The molecule has 0 aliphatic heterocycles. The van der Waals surface area contributed by atoms with Crippen molar-refractivity contribution < 1.29 is 0 Å². The van der Waals surface area contributed by atoms with Gasteiger partial charge in [-0.15, -0.1) is 0 Å². The predicted octanol–water partition coefficient (Wildman–Crippen LogP) is 3.78. The average Bonchev–Trinajstić information content (AvgIpc) is 2.49. The van der Waals surface area contributed by atoms with Gasteiger partial charge in [-0.1, -0.05) is 26.8 Å². The van der Waals surface area contributed by atoms with Crippen molar-refractivity contribution in [3.05, 3.63) is 35.7 Å². The standard InChI is InChI=1S/C16H19IN6/c1-16(2,3)13-6-4-5-10(22-13)8-20-12-7-11(18)15(21-9-17)23-14(12)19/h4-9H,18H2,1-3H3,(H2,19,23)/b20-8+,21-9+. The topological polar surface area (TPSA) is 103 Å². The van der Waals surface area contributed by atoms with Crippen LogP contribution in [0.1, 0.15) is 32.2 Å². The maximum atomic E-state index is 5.91. The van der Waals surface area contributed by atoms with Crippen molar-refractivity contribution in [1.29, 1.82) is 0 Å². The second-order valence-corrected chi connectivity index (χ2v) is 6.55. The molecule has 2 heterocycles. The van der Waals surface area contributed by atoms with Gasteiger partial charge >= 0.3 is 0 Å². The summed E-state index contributed by atoms with van der Waals surface area (Å²) in [5.74, 6) is 0.670. The molecule has 7 heteroatoms.